The van der Waals surface area contributed by atoms with Crippen molar-refractivity contribution in [2.45, 2.75) is 19.9 Å². The highest BCUT2D eigenvalue weighted by molar-refractivity contribution is 5.96. The zero-order valence-electron chi connectivity index (χ0n) is 14.7. The highest BCUT2D eigenvalue weighted by Crippen LogP contribution is 2.18. The van der Waals surface area contributed by atoms with Crippen molar-refractivity contribution >= 4 is 17.6 Å². The predicted octanol–water partition coefficient (Wildman–Crippen LogP) is 3.35. The van der Waals surface area contributed by atoms with Crippen LogP contribution in [0.25, 0.3) is 0 Å². The highest BCUT2D eigenvalue weighted by Gasteiger charge is 2.13. The molecule has 0 fully saturated rings. The van der Waals surface area contributed by atoms with Crippen LogP contribution in [-0.4, -0.2) is 25.5 Å². The first kappa shape index (κ1) is 19.5. The van der Waals surface area contributed by atoms with Crippen LogP contribution in [0.4, 0.5) is 14.5 Å². The fraction of sp³-hybridized carbons (Fsp3) is 0.263. The molecule has 1 atom stereocenters. The van der Waals surface area contributed by atoms with Crippen molar-refractivity contribution in [3.8, 4) is 0 Å². The second kappa shape index (κ2) is 8.53. The Morgan fingerprint density at radius 3 is 2.50 bits per heavy atom. The van der Waals surface area contributed by atoms with Gasteiger partial charge in [-0.25, -0.2) is 13.6 Å². The lowest BCUT2D eigenvalue weighted by molar-refractivity contribution is -0.115. The lowest BCUT2D eigenvalue weighted by Crippen LogP contribution is -2.30. The predicted molar refractivity (Wildman–Crippen MR) is 93.9 cm³/mol. The number of hydrogen-bond donors (Lipinski definition) is 2. The molecule has 0 aliphatic carbocycles. The second-order valence-electron chi connectivity index (χ2n) is 5.85. The molecular formula is C19H20F2N2O3. The number of anilines is 1. The number of carbonyl (C=O) groups is 2. The normalized spacial score (nSPS) is 11.7. The third kappa shape index (κ3) is 4.86. The molecule has 0 aliphatic heterocycles. The van der Waals surface area contributed by atoms with Crippen LogP contribution in [0.2, 0.25) is 0 Å². The van der Waals surface area contributed by atoms with E-state index in [-0.39, 0.29) is 18.5 Å². The Morgan fingerprint density at radius 1 is 1.12 bits per heavy atom. The van der Waals surface area contributed by atoms with Crippen LogP contribution < -0.4 is 10.6 Å². The number of ether oxygens (including phenoxy) is 1. The lowest BCUT2D eigenvalue weighted by Gasteiger charge is -2.15. The first-order valence-corrected chi connectivity index (χ1v) is 7.99. The first-order valence-electron chi connectivity index (χ1n) is 7.99. The number of methoxy groups -OCH3 is 1. The summed E-state index contributed by atoms with van der Waals surface area (Å²) < 4.78 is 30.9. The van der Waals surface area contributed by atoms with E-state index in [0.717, 1.165) is 17.7 Å². The number of aryl methyl sites for hydroxylation is 1. The molecule has 2 aromatic carbocycles. The minimum atomic E-state index is -0.934. The minimum absolute atomic E-state index is 0.0396. The van der Waals surface area contributed by atoms with Crippen LogP contribution in [0.1, 0.15) is 34.5 Å². The molecule has 0 aliphatic rings. The minimum Gasteiger partial charge on any atom is -0.465 e. The van der Waals surface area contributed by atoms with Gasteiger partial charge in [-0.3, -0.25) is 4.79 Å². The summed E-state index contributed by atoms with van der Waals surface area (Å²) in [6.07, 6.45) is 0. The fourth-order valence-corrected chi connectivity index (χ4v) is 2.34. The van der Waals surface area contributed by atoms with Gasteiger partial charge >= 0.3 is 5.97 Å². The van der Waals surface area contributed by atoms with E-state index in [1.807, 2.05) is 0 Å². The molecule has 2 rings (SSSR count). The third-order valence-corrected chi connectivity index (χ3v) is 3.95. The first-order chi connectivity index (χ1) is 12.3. The maximum absolute atomic E-state index is 13.3. The molecule has 0 heterocycles. The Balaban J connectivity index is 1.98. The molecule has 1 amide bonds. The van der Waals surface area contributed by atoms with Crippen LogP contribution >= 0.6 is 0 Å². The zero-order chi connectivity index (χ0) is 19.3. The monoisotopic (exact) mass is 362 g/mol. The van der Waals surface area contributed by atoms with E-state index in [1.165, 1.54) is 19.2 Å². The van der Waals surface area contributed by atoms with Crippen molar-refractivity contribution in [1.82, 2.24) is 5.32 Å². The summed E-state index contributed by atoms with van der Waals surface area (Å²) in [5.41, 5.74) is 2.15. The number of halogens is 2. The summed E-state index contributed by atoms with van der Waals surface area (Å²) in [4.78, 5) is 23.7. The van der Waals surface area contributed by atoms with E-state index < -0.39 is 17.6 Å². The van der Waals surface area contributed by atoms with Crippen LogP contribution in [0.15, 0.2) is 36.4 Å². The van der Waals surface area contributed by atoms with Crippen LogP contribution in [-0.2, 0) is 9.53 Å². The number of rotatable bonds is 6. The van der Waals surface area contributed by atoms with Crippen molar-refractivity contribution < 1.29 is 23.1 Å². The quantitative estimate of drug-likeness (QED) is 0.774. The van der Waals surface area contributed by atoms with E-state index in [2.05, 4.69) is 15.4 Å². The van der Waals surface area contributed by atoms with Gasteiger partial charge in [0.15, 0.2) is 11.6 Å². The maximum Gasteiger partial charge on any atom is 0.337 e. The third-order valence-electron chi connectivity index (χ3n) is 3.95. The topological polar surface area (TPSA) is 67.4 Å². The van der Waals surface area contributed by atoms with Crippen molar-refractivity contribution in [3.63, 3.8) is 0 Å². The average Bonchev–Trinajstić information content (AvgIpc) is 2.63. The summed E-state index contributed by atoms with van der Waals surface area (Å²) in [6, 6.07) is 8.10. The van der Waals surface area contributed by atoms with Gasteiger partial charge < -0.3 is 15.4 Å². The standard InChI is InChI=1S/C19H20F2N2O3/c1-11-4-5-14(19(25)26-3)9-17(11)23-18(24)10-22-12(2)13-6-7-15(20)16(21)8-13/h4-9,12,22H,10H2,1-3H3,(H,23,24)/t12-/m0/s1. The number of esters is 1. The Morgan fingerprint density at radius 2 is 1.85 bits per heavy atom. The number of benzene rings is 2. The van der Waals surface area contributed by atoms with Crippen molar-refractivity contribution in [2.75, 3.05) is 19.0 Å². The Kier molecular flexibility index (Phi) is 6.41. The zero-order valence-corrected chi connectivity index (χ0v) is 14.7. The fourth-order valence-electron chi connectivity index (χ4n) is 2.34. The number of amides is 1. The Hall–Kier alpha value is -2.80. The Labute approximate surface area is 150 Å². The summed E-state index contributed by atoms with van der Waals surface area (Å²) in [5.74, 6) is -2.68. The SMILES string of the molecule is COC(=O)c1ccc(C)c(NC(=O)CN[C@@H](C)c2ccc(F)c(F)c2)c1. The summed E-state index contributed by atoms with van der Waals surface area (Å²) in [5, 5.41) is 5.65. The van der Waals surface area contributed by atoms with Gasteiger partial charge in [0.1, 0.15) is 0 Å². The van der Waals surface area contributed by atoms with Crippen molar-refractivity contribution in [2.24, 2.45) is 0 Å². The van der Waals surface area contributed by atoms with Gasteiger partial charge in [0, 0.05) is 11.7 Å². The molecule has 138 valence electrons. The number of nitrogens with one attached hydrogen (secondary N) is 2. The van der Waals surface area contributed by atoms with Crippen molar-refractivity contribution in [1.29, 1.82) is 0 Å². The molecule has 5 nitrogen and oxygen atoms in total. The lowest BCUT2D eigenvalue weighted by atomic mass is 10.1. The van der Waals surface area contributed by atoms with Gasteiger partial charge in [-0.15, -0.1) is 0 Å². The van der Waals surface area contributed by atoms with E-state index in [9.17, 15) is 18.4 Å². The molecule has 0 bridgehead atoms. The van der Waals surface area contributed by atoms with E-state index in [1.54, 1.807) is 26.0 Å². The summed E-state index contributed by atoms with van der Waals surface area (Å²) >= 11 is 0. The summed E-state index contributed by atoms with van der Waals surface area (Å²) in [7, 11) is 1.28. The smallest absolute Gasteiger partial charge is 0.337 e. The molecule has 0 radical (unpaired) electrons. The van der Waals surface area contributed by atoms with Gasteiger partial charge in [-0.1, -0.05) is 12.1 Å². The van der Waals surface area contributed by atoms with Crippen LogP contribution in [0, 0.1) is 18.6 Å². The molecule has 2 aromatic rings. The van der Waals surface area contributed by atoms with Gasteiger partial charge in [0.2, 0.25) is 5.91 Å². The van der Waals surface area contributed by atoms with Gasteiger partial charge in [-0.2, -0.15) is 0 Å². The highest BCUT2D eigenvalue weighted by atomic mass is 19.2. The second-order valence-corrected chi connectivity index (χ2v) is 5.85. The molecule has 7 heteroatoms. The van der Waals surface area contributed by atoms with Crippen LogP contribution in [0.5, 0.6) is 0 Å². The van der Waals surface area contributed by atoms with Gasteiger partial charge in [0.25, 0.3) is 0 Å². The Bertz CT molecular complexity index is 824. The molecular weight excluding hydrogens is 342 g/mol. The molecule has 26 heavy (non-hydrogen) atoms. The van der Waals surface area contributed by atoms with Gasteiger partial charge in [0.05, 0.1) is 19.2 Å². The molecule has 0 saturated carbocycles. The summed E-state index contributed by atoms with van der Waals surface area (Å²) in [6.45, 7) is 3.50. The molecule has 0 aromatic heterocycles. The average molecular weight is 362 g/mol. The molecule has 0 spiro atoms. The molecule has 0 saturated heterocycles. The largest absolute Gasteiger partial charge is 0.465 e. The van der Waals surface area contributed by atoms with E-state index in [4.69, 9.17) is 0 Å². The molecule has 2 N–H and O–H groups in total. The van der Waals surface area contributed by atoms with Gasteiger partial charge in [-0.05, 0) is 49.2 Å². The number of carbonyl (C=O) groups excluding carboxylic acids is 2. The van der Waals surface area contributed by atoms with E-state index >= 15 is 0 Å². The molecule has 0 unspecified atom stereocenters. The van der Waals surface area contributed by atoms with E-state index in [0.29, 0.717) is 16.8 Å². The van der Waals surface area contributed by atoms with Crippen molar-refractivity contribution in [3.05, 3.63) is 64.7 Å². The number of hydrogen-bond acceptors (Lipinski definition) is 4. The van der Waals surface area contributed by atoms with Crippen LogP contribution in [0.3, 0.4) is 0 Å². The maximum atomic E-state index is 13.3.